The lowest BCUT2D eigenvalue weighted by Crippen LogP contribution is -2.48. The van der Waals surface area contributed by atoms with Gasteiger partial charge in [0.1, 0.15) is 0 Å². The molecule has 2 aromatic rings. The Labute approximate surface area is 139 Å². The van der Waals surface area contributed by atoms with Gasteiger partial charge in [-0.2, -0.15) is 0 Å². The minimum absolute atomic E-state index is 0.230. The van der Waals surface area contributed by atoms with Crippen LogP contribution in [0.5, 0.6) is 0 Å². The number of thiazole rings is 1. The third-order valence-corrected chi connectivity index (χ3v) is 4.95. The summed E-state index contributed by atoms with van der Waals surface area (Å²) < 4.78 is 0. The number of benzene rings is 1. The van der Waals surface area contributed by atoms with Crippen molar-refractivity contribution in [2.75, 3.05) is 31.1 Å². The first kappa shape index (κ1) is 15.3. The summed E-state index contributed by atoms with van der Waals surface area (Å²) in [4.78, 5) is 20.8. The van der Waals surface area contributed by atoms with Gasteiger partial charge in [0.05, 0.1) is 0 Å². The molecule has 116 valence electrons. The number of hydrogen-bond donors (Lipinski definition) is 0. The van der Waals surface area contributed by atoms with Crippen molar-refractivity contribution in [3.8, 4) is 0 Å². The Morgan fingerprint density at radius 1 is 1.18 bits per heavy atom. The molecule has 0 bridgehead atoms. The van der Waals surface area contributed by atoms with Crippen LogP contribution >= 0.6 is 22.9 Å². The second-order valence-electron chi connectivity index (χ2n) is 5.31. The van der Waals surface area contributed by atoms with E-state index in [2.05, 4.69) is 9.88 Å². The summed E-state index contributed by atoms with van der Waals surface area (Å²) in [5, 5.41) is 3.76. The molecule has 1 aliphatic heterocycles. The van der Waals surface area contributed by atoms with Crippen molar-refractivity contribution in [1.29, 1.82) is 0 Å². The first-order valence-corrected chi connectivity index (χ1v) is 8.65. The number of carbonyl (C=O) groups excluding carboxylic acids is 1. The molecule has 22 heavy (non-hydrogen) atoms. The monoisotopic (exact) mass is 335 g/mol. The maximum atomic E-state index is 12.3. The number of nitrogens with zero attached hydrogens (tertiary/aromatic N) is 3. The lowest BCUT2D eigenvalue weighted by molar-refractivity contribution is -0.131. The zero-order chi connectivity index (χ0) is 15.4. The van der Waals surface area contributed by atoms with Crippen LogP contribution in [0.25, 0.3) is 0 Å². The van der Waals surface area contributed by atoms with Crippen molar-refractivity contribution in [2.45, 2.75) is 12.8 Å². The lowest BCUT2D eigenvalue weighted by Gasteiger charge is -2.34. The van der Waals surface area contributed by atoms with E-state index >= 15 is 0 Å². The summed E-state index contributed by atoms with van der Waals surface area (Å²) in [6.45, 7) is 3.28. The summed E-state index contributed by atoms with van der Waals surface area (Å²) in [5.74, 6) is 0.230. The van der Waals surface area contributed by atoms with Crippen LogP contribution < -0.4 is 4.90 Å². The summed E-state index contributed by atoms with van der Waals surface area (Å²) in [5.41, 5.74) is 1.15. The summed E-state index contributed by atoms with van der Waals surface area (Å²) >= 11 is 7.52. The molecule has 4 nitrogen and oxygen atoms in total. The zero-order valence-electron chi connectivity index (χ0n) is 12.2. The maximum Gasteiger partial charge on any atom is 0.223 e. The van der Waals surface area contributed by atoms with E-state index in [4.69, 9.17) is 11.6 Å². The second-order valence-corrected chi connectivity index (χ2v) is 6.62. The standard InChI is InChI=1S/C16H18ClN3OS/c17-14-4-1-13(2-5-14)3-6-15(21)19-8-10-20(11-9-19)16-18-7-12-22-16/h1-2,4-5,7,12H,3,6,8-11H2. The van der Waals surface area contributed by atoms with Gasteiger partial charge in [-0.05, 0) is 24.1 Å². The Kier molecular flexibility index (Phi) is 4.95. The highest BCUT2D eigenvalue weighted by molar-refractivity contribution is 7.13. The first-order valence-electron chi connectivity index (χ1n) is 7.39. The van der Waals surface area contributed by atoms with E-state index in [9.17, 15) is 4.79 Å². The van der Waals surface area contributed by atoms with Crippen LogP contribution in [-0.4, -0.2) is 42.0 Å². The number of aromatic nitrogens is 1. The van der Waals surface area contributed by atoms with E-state index in [0.717, 1.165) is 48.3 Å². The number of aryl methyl sites for hydroxylation is 1. The summed E-state index contributed by atoms with van der Waals surface area (Å²) in [6, 6.07) is 7.70. The van der Waals surface area contributed by atoms with Gasteiger partial charge < -0.3 is 9.80 Å². The lowest BCUT2D eigenvalue weighted by atomic mass is 10.1. The van der Waals surface area contributed by atoms with Gasteiger partial charge in [-0.25, -0.2) is 4.98 Å². The number of halogens is 1. The van der Waals surface area contributed by atoms with Gasteiger partial charge >= 0.3 is 0 Å². The van der Waals surface area contributed by atoms with E-state index in [0.29, 0.717) is 6.42 Å². The van der Waals surface area contributed by atoms with E-state index in [1.165, 1.54) is 0 Å². The molecule has 1 amide bonds. The zero-order valence-corrected chi connectivity index (χ0v) is 13.8. The molecule has 6 heteroatoms. The fraction of sp³-hybridized carbons (Fsp3) is 0.375. The molecule has 0 aliphatic carbocycles. The van der Waals surface area contributed by atoms with Crippen molar-refractivity contribution in [2.24, 2.45) is 0 Å². The van der Waals surface area contributed by atoms with Crippen LogP contribution in [0.3, 0.4) is 0 Å². The van der Waals surface area contributed by atoms with Gasteiger partial charge in [0.2, 0.25) is 5.91 Å². The van der Waals surface area contributed by atoms with Crippen molar-refractivity contribution in [3.05, 3.63) is 46.4 Å². The molecule has 2 heterocycles. The third kappa shape index (κ3) is 3.78. The van der Waals surface area contributed by atoms with Crippen LogP contribution in [0.1, 0.15) is 12.0 Å². The molecule has 0 radical (unpaired) electrons. The number of carbonyl (C=O) groups is 1. The number of anilines is 1. The highest BCUT2D eigenvalue weighted by Crippen LogP contribution is 2.19. The molecule has 1 aliphatic rings. The molecule has 1 saturated heterocycles. The minimum Gasteiger partial charge on any atom is -0.345 e. The molecule has 3 rings (SSSR count). The highest BCUT2D eigenvalue weighted by Gasteiger charge is 2.21. The largest absolute Gasteiger partial charge is 0.345 e. The smallest absolute Gasteiger partial charge is 0.223 e. The summed E-state index contributed by atoms with van der Waals surface area (Å²) in [7, 11) is 0. The molecule has 1 aromatic heterocycles. The Hall–Kier alpha value is -1.59. The minimum atomic E-state index is 0.230. The number of amides is 1. The topological polar surface area (TPSA) is 36.4 Å². The molecule has 0 N–H and O–H groups in total. The van der Waals surface area contributed by atoms with E-state index < -0.39 is 0 Å². The van der Waals surface area contributed by atoms with Crippen LogP contribution in [-0.2, 0) is 11.2 Å². The van der Waals surface area contributed by atoms with Crippen molar-refractivity contribution >= 4 is 34.0 Å². The van der Waals surface area contributed by atoms with Gasteiger partial charge in [0.15, 0.2) is 5.13 Å². The molecular formula is C16H18ClN3OS. The van der Waals surface area contributed by atoms with E-state index in [-0.39, 0.29) is 5.91 Å². The van der Waals surface area contributed by atoms with Gasteiger partial charge in [0.25, 0.3) is 0 Å². The molecule has 0 unspecified atom stereocenters. The first-order chi connectivity index (χ1) is 10.7. The Bertz CT molecular complexity index is 607. The van der Waals surface area contributed by atoms with Gasteiger partial charge in [-0.15, -0.1) is 11.3 Å². The van der Waals surface area contributed by atoms with Gasteiger partial charge in [0, 0.05) is 49.2 Å². The van der Waals surface area contributed by atoms with Crippen LogP contribution in [0, 0.1) is 0 Å². The molecule has 1 fully saturated rings. The Morgan fingerprint density at radius 2 is 1.91 bits per heavy atom. The van der Waals surface area contributed by atoms with Crippen LogP contribution in [0.2, 0.25) is 5.02 Å². The van der Waals surface area contributed by atoms with Crippen molar-refractivity contribution in [3.63, 3.8) is 0 Å². The van der Waals surface area contributed by atoms with Crippen molar-refractivity contribution < 1.29 is 4.79 Å². The van der Waals surface area contributed by atoms with E-state index in [1.807, 2.05) is 40.7 Å². The van der Waals surface area contributed by atoms with Gasteiger partial charge in [-0.1, -0.05) is 23.7 Å². The number of piperazine rings is 1. The van der Waals surface area contributed by atoms with Crippen molar-refractivity contribution in [1.82, 2.24) is 9.88 Å². The van der Waals surface area contributed by atoms with Gasteiger partial charge in [-0.3, -0.25) is 4.79 Å². The summed E-state index contributed by atoms with van der Waals surface area (Å²) in [6.07, 6.45) is 3.14. The molecule has 0 saturated carbocycles. The fourth-order valence-corrected chi connectivity index (χ4v) is 3.40. The predicted molar refractivity (Wildman–Crippen MR) is 90.7 cm³/mol. The molecule has 1 aromatic carbocycles. The SMILES string of the molecule is O=C(CCc1ccc(Cl)cc1)N1CCN(c2nccs2)CC1. The molecular weight excluding hydrogens is 318 g/mol. The predicted octanol–water partition coefficient (Wildman–Crippen LogP) is 3.08. The average Bonchev–Trinajstić information content (AvgIpc) is 3.09. The quantitative estimate of drug-likeness (QED) is 0.861. The average molecular weight is 336 g/mol. The molecule has 0 atom stereocenters. The maximum absolute atomic E-state index is 12.3. The van der Waals surface area contributed by atoms with E-state index in [1.54, 1.807) is 11.3 Å². The Morgan fingerprint density at radius 3 is 2.55 bits per heavy atom. The molecule has 0 spiro atoms. The highest BCUT2D eigenvalue weighted by atomic mass is 35.5. The number of hydrogen-bond acceptors (Lipinski definition) is 4. The van der Waals surface area contributed by atoms with Crippen LogP contribution in [0.15, 0.2) is 35.8 Å². The van der Waals surface area contributed by atoms with Crippen LogP contribution in [0.4, 0.5) is 5.13 Å². The number of rotatable bonds is 4. The normalized spacial score (nSPS) is 15.1. The fourth-order valence-electron chi connectivity index (χ4n) is 2.58. The Balaban J connectivity index is 1.46. The second kappa shape index (κ2) is 7.11. The third-order valence-electron chi connectivity index (χ3n) is 3.86.